The zero-order valence-electron chi connectivity index (χ0n) is 7.17. The van der Waals surface area contributed by atoms with Crippen molar-refractivity contribution in [3.8, 4) is 6.07 Å². The lowest BCUT2D eigenvalue weighted by Crippen LogP contribution is -2.27. The number of rotatable bonds is 5. The summed E-state index contributed by atoms with van der Waals surface area (Å²) in [6.45, 7) is 4.96. The Bertz CT molecular complexity index is 129. The minimum absolute atomic E-state index is 0.315. The predicted octanol–water partition coefficient (Wildman–Crippen LogP) is 0.507. The molecule has 3 nitrogen and oxygen atoms in total. The predicted molar refractivity (Wildman–Crippen MR) is 43.9 cm³/mol. The van der Waals surface area contributed by atoms with Crippen molar-refractivity contribution in [2.75, 3.05) is 13.1 Å². The van der Waals surface area contributed by atoms with Gasteiger partial charge in [0.15, 0.2) is 0 Å². The van der Waals surface area contributed by atoms with Crippen molar-refractivity contribution in [1.29, 1.82) is 5.26 Å². The average Bonchev–Trinajstić information content (AvgIpc) is 1.86. The molecule has 0 bridgehead atoms. The summed E-state index contributed by atoms with van der Waals surface area (Å²) in [6, 6.07) is 1.95. The third-order valence-electron chi connectivity index (χ3n) is 1.33. The Kier molecular flexibility index (Phi) is 5.81. The van der Waals surface area contributed by atoms with Gasteiger partial charge in [0.25, 0.3) is 0 Å². The zero-order valence-corrected chi connectivity index (χ0v) is 7.17. The van der Waals surface area contributed by atoms with Crippen LogP contribution in [0.25, 0.3) is 0 Å². The molecule has 0 aliphatic rings. The molecule has 64 valence electrons. The Morgan fingerprint density at radius 3 is 2.64 bits per heavy atom. The van der Waals surface area contributed by atoms with Gasteiger partial charge in [0, 0.05) is 6.54 Å². The Morgan fingerprint density at radius 1 is 1.55 bits per heavy atom. The number of aliphatic hydroxyl groups is 1. The van der Waals surface area contributed by atoms with Gasteiger partial charge in [-0.1, -0.05) is 13.8 Å². The van der Waals surface area contributed by atoms with Crippen LogP contribution in [0.1, 0.15) is 20.3 Å². The van der Waals surface area contributed by atoms with E-state index in [2.05, 4.69) is 19.2 Å². The number of nitriles is 1. The maximum Gasteiger partial charge on any atom is 0.0841 e. The van der Waals surface area contributed by atoms with Gasteiger partial charge in [-0.2, -0.15) is 5.26 Å². The van der Waals surface area contributed by atoms with Crippen LogP contribution < -0.4 is 5.32 Å². The van der Waals surface area contributed by atoms with Crippen molar-refractivity contribution in [2.45, 2.75) is 26.4 Å². The zero-order chi connectivity index (χ0) is 8.69. The molecule has 0 aliphatic heterocycles. The molecule has 0 fully saturated rings. The minimum atomic E-state index is -0.316. The molecule has 0 aromatic carbocycles. The molecule has 11 heavy (non-hydrogen) atoms. The lowest BCUT2D eigenvalue weighted by atomic mass is 10.1. The van der Waals surface area contributed by atoms with E-state index in [0.29, 0.717) is 19.0 Å². The van der Waals surface area contributed by atoms with Crippen LogP contribution in [-0.4, -0.2) is 24.3 Å². The first-order valence-corrected chi connectivity index (χ1v) is 3.92. The lowest BCUT2D eigenvalue weighted by Gasteiger charge is -2.11. The van der Waals surface area contributed by atoms with Gasteiger partial charge in [-0.3, -0.25) is 0 Å². The third-order valence-corrected chi connectivity index (χ3v) is 1.33. The second-order valence-corrected chi connectivity index (χ2v) is 3.07. The molecule has 2 N–H and O–H groups in total. The summed E-state index contributed by atoms with van der Waals surface area (Å²) < 4.78 is 0. The summed E-state index contributed by atoms with van der Waals surface area (Å²) in [5.41, 5.74) is 0. The average molecular weight is 156 g/mol. The highest BCUT2D eigenvalue weighted by Gasteiger charge is 2.04. The number of hydrogen-bond acceptors (Lipinski definition) is 3. The van der Waals surface area contributed by atoms with Crippen LogP contribution in [-0.2, 0) is 0 Å². The number of nitrogens with zero attached hydrogens (tertiary/aromatic N) is 1. The molecule has 0 rings (SSSR count). The van der Waals surface area contributed by atoms with E-state index in [0.717, 1.165) is 6.42 Å². The summed E-state index contributed by atoms with van der Waals surface area (Å²) >= 11 is 0. The molecule has 0 saturated heterocycles. The first-order chi connectivity index (χ1) is 5.16. The van der Waals surface area contributed by atoms with Crippen LogP contribution >= 0.6 is 0 Å². The van der Waals surface area contributed by atoms with Gasteiger partial charge in [-0.25, -0.2) is 0 Å². The molecule has 1 atom stereocenters. The molecule has 0 heterocycles. The van der Waals surface area contributed by atoms with Crippen molar-refractivity contribution in [3.63, 3.8) is 0 Å². The van der Waals surface area contributed by atoms with Crippen molar-refractivity contribution < 1.29 is 5.11 Å². The van der Waals surface area contributed by atoms with E-state index in [1.807, 2.05) is 6.07 Å². The van der Waals surface area contributed by atoms with Gasteiger partial charge in [-0.05, 0) is 12.3 Å². The highest BCUT2D eigenvalue weighted by Crippen LogP contribution is 2.02. The Labute approximate surface area is 68.0 Å². The van der Waals surface area contributed by atoms with Gasteiger partial charge >= 0.3 is 0 Å². The number of nitrogens with one attached hydrogen (secondary N) is 1. The molecular weight excluding hydrogens is 140 g/mol. The van der Waals surface area contributed by atoms with Crippen LogP contribution in [0, 0.1) is 17.2 Å². The number of hydrogen-bond donors (Lipinski definition) is 2. The first kappa shape index (κ1) is 10.4. The Hall–Kier alpha value is -0.590. The molecule has 0 spiro atoms. The molecule has 0 aromatic heterocycles. The monoisotopic (exact) mass is 156 g/mol. The smallest absolute Gasteiger partial charge is 0.0841 e. The maximum absolute atomic E-state index is 9.27. The molecule has 0 aromatic rings. The van der Waals surface area contributed by atoms with E-state index in [-0.39, 0.29) is 6.10 Å². The topological polar surface area (TPSA) is 56.0 Å². The van der Waals surface area contributed by atoms with E-state index in [9.17, 15) is 5.11 Å². The second-order valence-electron chi connectivity index (χ2n) is 3.07. The van der Waals surface area contributed by atoms with Crippen LogP contribution in [0.4, 0.5) is 0 Å². The maximum atomic E-state index is 9.27. The molecular formula is C8H16N2O. The van der Waals surface area contributed by atoms with Crippen LogP contribution in [0.2, 0.25) is 0 Å². The van der Waals surface area contributed by atoms with E-state index in [4.69, 9.17) is 5.26 Å². The molecule has 0 aliphatic carbocycles. The highest BCUT2D eigenvalue weighted by molar-refractivity contribution is 4.74. The molecule has 0 radical (unpaired) electrons. The fraction of sp³-hybridized carbons (Fsp3) is 0.875. The van der Waals surface area contributed by atoms with E-state index < -0.39 is 0 Å². The summed E-state index contributed by atoms with van der Waals surface area (Å²) in [7, 11) is 0. The lowest BCUT2D eigenvalue weighted by molar-refractivity contribution is 0.148. The summed E-state index contributed by atoms with van der Waals surface area (Å²) in [5, 5.41) is 20.3. The van der Waals surface area contributed by atoms with Gasteiger partial charge in [0.05, 0.1) is 18.7 Å². The summed E-state index contributed by atoms with van der Waals surface area (Å²) in [4.78, 5) is 0. The minimum Gasteiger partial charge on any atom is -0.392 e. The van der Waals surface area contributed by atoms with Crippen LogP contribution in [0.15, 0.2) is 0 Å². The van der Waals surface area contributed by atoms with Crippen LogP contribution in [0.5, 0.6) is 0 Å². The largest absolute Gasteiger partial charge is 0.392 e. The first-order valence-electron chi connectivity index (χ1n) is 3.92. The fourth-order valence-electron chi connectivity index (χ4n) is 0.922. The van der Waals surface area contributed by atoms with Gasteiger partial charge in [-0.15, -0.1) is 0 Å². The fourth-order valence-corrected chi connectivity index (χ4v) is 0.922. The van der Waals surface area contributed by atoms with Crippen molar-refractivity contribution in [2.24, 2.45) is 5.92 Å². The molecule has 0 amide bonds. The normalized spacial score (nSPS) is 13.0. The molecule has 3 heteroatoms. The summed E-state index contributed by atoms with van der Waals surface area (Å²) in [6.07, 6.45) is 0.474. The van der Waals surface area contributed by atoms with Crippen molar-refractivity contribution in [3.05, 3.63) is 0 Å². The SMILES string of the molecule is CC(C)CC(O)CNCC#N. The van der Waals surface area contributed by atoms with Gasteiger partial charge in [0.1, 0.15) is 0 Å². The van der Waals surface area contributed by atoms with E-state index in [1.54, 1.807) is 0 Å². The van der Waals surface area contributed by atoms with Crippen molar-refractivity contribution in [1.82, 2.24) is 5.32 Å². The Balaban J connectivity index is 3.24. The molecule has 0 saturated carbocycles. The highest BCUT2D eigenvalue weighted by atomic mass is 16.3. The molecule has 1 unspecified atom stereocenters. The standard InChI is InChI=1S/C8H16N2O/c1-7(2)5-8(11)6-10-4-3-9/h7-8,10-11H,4-6H2,1-2H3. The Morgan fingerprint density at radius 2 is 2.18 bits per heavy atom. The summed E-state index contributed by atoms with van der Waals surface area (Å²) in [5.74, 6) is 0.508. The quantitative estimate of drug-likeness (QED) is 0.450. The van der Waals surface area contributed by atoms with E-state index in [1.165, 1.54) is 0 Å². The third kappa shape index (κ3) is 7.31. The second kappa shape index (κ2) is 6.14. The van der Waals surface area contributed by atoms with Gasteiger partial charge in [0.2, 0.25) is 0 Å². The van der Waals surface area contributed by atoms with Gasteiger partial charge < -0.3 is 10.4 Å². The van der Waals surface area contributed by atoms with E-state index >= 15 is 0 Å². The van der Waals surface area contributed by atoms with Crippen molar-refractivity contribution >= 4 is 0 Å². The van der Waals surface area contributed by atoms with Crippen LogP contribution in [0.3, 0.4) is 0 Å². The number of aliphatic hydroxyl groups excluding tert-OH is 1.